The summed E-state index contributed by atoms with van der Waals surface area (Å²) in [4.78, 5) is 27.3. The molecule has 0 radical (unpaired) electrons. The second kappa shape index (κ2) is 6.95. The molecular formula is C15H28N2O3. The maximum Gasteiger partial charge on any atom is 0.319 e. The van der Waals surface area contributed by atoms with E-state index in [9.17, 15) is 14.7 Å². The Morgan fingerprint density at radius 3 is 2.55 bits per heavy atom. The number of hydrogen-bond acceptors (Lipinski definition) is 2. The highest BCUT2D eigenvalue weighted by Gasteiger charge is 2.45. The van der Waals surface area contributed by atoms with Crippen LogP contribution >= 0.6 is 0 Å². The zero-order valence-corrected chi connectivity index (χ0v) is 13.2. The third kappa shape index (κ3) is 3.64. The highest BCUT2D eigenvalue weighted by Crippen LogP contribution is 2.35. The number of rotatable bonds is 6. The van der Waals surface area contributed by atoms with Crippen molar-refractivity contribution in [2.75, 3.05) is 26.7 Å². The van der Waals surface area contributed by atoms with Crippen LogP contribution in [0, 0.1) is 11.3 Å². The van der Waals surface area contributed by atoms with E-state index < -0.39 is 11.4 Å². The van der Waals surface area contributed by atoms with Gasteiger partial charge in [0, 0.05) is 26.7 Å². The van der Waals surface area contributed by atoms with E-state index in [-0.39, 0.29) is 6.03 Å². The molecule has 5 heteroatoms. The molecule has 0 aliphatic carbocycles. The van der Waals surface area contributed by atoms with Gasteiger partial charge in [0.25, 0.3) is 0 Å². The van der Waals surface area contributed by atoms with Gasteiger partial charge in [-0.25, -0.2) is 4.79 Å². The summed E-state index contributed by atoms with van der Waals surface area (Å²) in [6.07, 6.45) is 3.07. The molecule has 1 heterocycles. The van der Waals surface area contributed by atoms with Gasteiger partial charge in [0.15, 0.2) is 0 Å². The first-order valence-corrected chi connectivity index (χ1v) is 7.59. The van der Waals surface area contributed by atoms with Crippen molar-refractivity contribution in [3.63, 3.8) is 0 Å². The lowest BCUT2D eigenvalue weighted by molar-refractivity contribution is -0.148. The van der Waals surface area contributed by atoms with Gasteiger partial charge in [0.05, 0.1) is 5.41 Å². The molecule has 0 saturated carbocycles. The van der Waals surface area contributed by atoms with E-state index >= 15 is 0 Å². The molecule has 1 aliphatic rings. The van der Waals surface area contributed by atoms with Gasteiger partial charge in [-0.15, -0.1) is 0 Å². The Bertz CT molecular complexity index is 359. The summed E-state index contributed by atoms with van der Waals surface area (Å²) >= 11 is 0. The van der Waals surface area contributed by atoms with Crippen molar-refractivity contribution < 1.29 is 14.7 Å². The number of likely N-dealkylation sites (tertiary alicyclic amines) is 1. The van der Waals surface area contributed by atoms with E-state index in [1.165, 1.54) is 0 Å². The summed E-state index contributed by atoms with van der Waals surface area (Å²) < 4.78 is 0. The normalized spacial score (nSPS) is 23.7. The molecule has 1 rings (SSSR count). The molecule has 1 aliphatic heterocycles. The lowest BCUT2D eigenvalue weighted by atomic mass is 9.83. The van der Waals surface area contributed by atoms with E-state index in [1.807, 2.05) is 6.92 Å². The molecule has 0 aromatic heterocycles. The molecule has 2 unspecified atom stereocenters. The Balaban J connectivity index is 2.66. The third-order valence-corrected chi connectivity index (χ3v) is 4.42. The van der Waals surface area contributed by atoms with Gasteiger partial charge in [-0.05, 0) is 18.8 Å². The maximum atomic E-state index is 12.4. The van der Waals surface area contributed by atoms with E-state index in [0.29, 0.717) is 31.8 Å². The predicted molar refractivity (Wildman–Crippen MR) is 78.6 cm³/mol. The van der Waals surface area contributed by atoms with Gasteiger partial charge in [0.1, 0.15) is 0 Å². The van der Waals surface area contributed by atoms with E-state index in [0.717, 1.165) is 19.4 Å². The fraction of sp³-hybridized carbons (Fsp3) is 0.867. The van der Waals surface area contributed by atoms with E-state index in [2.05, 4.69) is 13.8 Å². The van der Waals surface area contributed by atoms with Crippen LogP contribution in [0.25, 0.3) is 0 Å². The average molecular weight is 284 g/mol. The second-order valence-corrected chi connectivity index (χ2v) is 6.18. The summed E-state index contributed by atoms with van der Waals surface area (Å²) in [7, 11) is 1.80. The number of nitrogens with zero attached hydrogens (tertiary/aromatic N) is 2. The van der Waals surface area contributed by atoms with E-state index in [1.54, 1.807) is 16.8 Å². The molecule has 2 atom stereocenters. The lowest BCUT2D eigenvalue weighted by Crippen LogP contribution is -2.43. The minimum absolute atomic E-state index is 0.0375. The first-order chi connectivity index (χ1) is 9.36. The Labute approximate surface area is 121 Å². The molecule has 5 nitrogen and oxygen atoms in total. The molecule has 1 saturated heterocycles. The van der Waals surface area contributed by atoms with Crippen LogP contribution in [-0.4, -0.2) is 53.6 Å². The first-order valence-electron chi connectivity index (χ1n) is 7.59. The second-order valence-electron chi connectivity index (χ2n) is 6.18. The lowest BCUT2D eigenvalue weighted by Gasteiger charge is -2.28. The van der Waals surface area contributed by atoms with Gasteiger partial charge in [-0.3, -0.25) is 4.79 Å². The molecule has 1 fully saturated rings. The Morgan fingerprint density at radius 1 is 1.40 bits per heavy atom. The number of carboxylic acid groups (broad SMARTS) is 1. The molecule has 0 aromatic rings. The number of carbonyl (C=O) groups is 2. The van der Waals surface area contributed by atoms with Crippen molar-refractivity contribution in [3.05, 3.63) is 0 Å². The summed E-state index contributed by atoms with van der Waals surface area (Å²) in [5.74, 6) is -0.300. The Kier molecular flexibility index (Phi) is 5.84. The zero-order valence-electron chi connectivity index (χ0n) is 13.2. The highest BCUT2D eigenvalue weighted by molar-refractivity contribution is 5.79. The fourth-order valence-corrected chi connectivity index (χ4v) is 2.92. The monoisotopic (exact) mass is 284 g/mol. The smallest absolute Gasteiger partial charge is 0.319 e. The molecular weight excluding hydrogens is 256 g/mol. The summed E-state index contributed by atoms with van der Waals surface area (Å²) in [6, 6.07) is -0.0375. The number of carbonyl (C=O) groups excluding carboxylic acids is 1. The zero-order chi connectivity index (χ0) is 15.3. The van der Waals surface area contributed by atoms with Crippen LogP contribution in [0.5, 0.6) is 0 Å². The highest BCUT2D eigenvalue weighted by atomic mass is 16.4. The van der Waals surface area contributed by atoms with Gasteiger partial charge in [0.2, 0.25) is 0 Å². The number of carboxylic acids is 1. The summed E-state index contributed by atoms with van der Waals surface area (Å²) in [5.41, 5.74) is -0.735. The summed E-state index contributed by atoms with van der Waals surface area (Å²) in [6.45, 7) is 7.83. The third-order valence-electron chi connectivity index (χ3n) is 4.42. The van der Waals surface area contributed by atoms with Crippen LogP contribution in [0.1, 0.15) is 46.5 Å². The van der Waals surface area contributed by atoms with Crippen molar-refractivity contribution in [2.45, 2.75) is 46.5 Å². The topological polar surface area (TPSA) is 60.9 Å². The van der Waals surface area contributed by atoms with Crippen LogP contribution in [-0.2, 0) is 4.79 Å². The van der Waals surface area contributed by atoms with Crippen molar-refractivity contribution in [1.82, 2.24) is 9.80 Å². The number of hydrogen-bond donors (Lipinski definition) is 1. The van der Waals surface area contributed by atoms with Crippen molar-refractivity contribution in [3.8, 4) is 0 Å². The first kappa shape index (κ1) is 16.8. The van der Waals surface area contributed by atoms with Gasteiger partial charge >= 0.3 is 12.0 Å². The maximum absolute atomic E-state index is 12.4. The van der Waals surface area contributed by atoms with Crippen LogP contribution in [0.15, 0.2) is 0 Å². The molecule has 0 aromatic carbocycles. The van der Waals surface area contributed by atoms with Crippen molar-refractivity contribution in [1.29, 1.82) is 0 Å². The standard InChI is InChI=1S/C15H28N2O3/c1-5-7-15(13(18)19)8-9-17(11-15)14(20)16(4)10-12(3)6-2/h12H,5-11H2,1-4H3,(H,18,19). The van der Waals surface area contributed by atoms with E-state index in [4.69, 9.17) is 0 Å². The SMILES string of the molecule is CCCC1(C(=O)O)CCN(C(=O)N(C)CC(C)CC)C1. The molecule has 1 N–H and O–H groups in total. The minimum Gasteiger partial charge on any atom is -0.481 e. The molecule has 20 heavy (non-hydrogen) atoms. The number of amides is 2. The minimum atomic E-state index is -0.765. The summed E-state index contributed by atoms with van der Waals surface area (Å²) in [5, 5.41) is 9.46. The van der Waals surface area contributed by atoms with Gasteiger partial charge in [-0.1, -0.05) is 33.6 Å². The molecule has 0 bridgehead atoms. The quantitative estimate of drug-likeness (QED) is 0.815. The predicted octanol–water partition coefficient (Wildman–Crippen LogP) is 2.66. The number of aliphatic carboxylic acids is 1. The van der Waals surface area contributed by atoms with Gasteiger partial charge in [-0.2, -0.15) is 0 Å². The van der Waals surface area contributed by atoms with Gasteiger partial charge < -0.3 is 14.9 Å². The Morgan fingerprint density at radius 2 is 2.05 bits per heavy atom. The van der Waals surface area contributed by atoms with Crippen LogP contribution in [0.4, 0.5) is 4.79 Å². The number of urea groups is 1. The van der Waals surface area contributed by atoms with Crippen LogP contribution < -0.4 is 0 Å². The van der Waals surface area contributed by atoms with Crippen molar-refractivity contribution in [2.24, 2.45) is 11.3 Å². The van der Waals surface area contributed by atoms with Crippen LogP contribution in [0.3, 0.4) is 0 Å². The average Bonchev–Trinajstić information content (AvgIpc) is 2.83. The fourth-order valence-electron chi connectivity index (χ4n) is 2.92. The van der Waals surface area contributed by atoms with Crippen molar-refractivity contribution >= 4 is 12.0 Å². The van der Waals surface area contributed by atoms with Crippen LogP contribution in [0.2, 0.25) is 0 Å². The molecule has 2 amide bonds. The molecule has 116 valence electrons. The molecule has 0 spiro atoms. The largest absolute Gasteiger partial charge is 0.481 e. The Hall–Kier alpha value is -1.26.